The van der Waals surface area contributed by atoms with E-state index in [4.69, 9.17) is 5.73 Å². The topological polar surface area (TPSA) is 106 Å². The Labute approximate surface area is 276 Å². The Morgan fingerprint density at radius 3 is 2.43 bits per heavy atom. The Hall–Kier alpha value is -4.46. The minimum atomic E-state index is -0.476. The Balaban J connectivity index is 0.000000329. The normalized spacial score (nSPS) is 19.5. The molecule has 46 heavy (non-hydrogen) atoms. The number of fused-ring (bicyclic) bond motifs is 2. The molecule has 2 aliphatic rings. The maximum Gasteiger partial charge on any atom is 0.228 e. The van der Waals surface area contributed by atoms with Gasteiger partial charge in [-0.05, 0) is 74.1 Å². The van der Waals surface area contributed by atoms with Crippen LogP contribution in [0.15, 0.2) is 60.8 Å². The van der Waals surface area contributed by atoms with Gasteiger partial charge in [-0.3, -0.25) is 9.59 Å². The number of nitrogen functional groups attached to an aromatic ring is 1. The van der Waals surface area contributed by atoms with Gasteiger partial charge in [0.2, 0.25) is 11.9 Å². The highest BCUT2D eigenvalue weighted by molar-refractivity contribution is 6.00. The summed E-state index contributed by atoms with van der Waals surface area (Å²) in [5.74, 6) is 1.92. The molecule has 0 bridgehead atoms. The number of nitrogens with zero attached hydrogens (tertiary/aromatic N) is 4. The van der Waals surface area contributed by atoms with Crippen LogP contribution in [-0.2, 0) is 18.3 Å². The molecule has 1 amide bonds. The molecule has 6 rings (SSSR count). The monoisotopic (exact) mass is 624 g/mol. The van der Waals surface area contributed by atoms with Crippen molar-refractivity contribution in [1.29, 1.82) is 0 Å². The van der Waals surface area contributed by atoms with Gasteiger partial charge in [0.15, 0.2) is 5.78 Å². The maximum atomic E-state index is 13.6. The lowest BCUT2D eigenvalue weighted by Gasteiger charge is -2.28. The molecule has 2 aliphatic carbocycles. The molecule has 0 aliphatic heterocycles. The predicted molar refractivity (Wildman–Crippen MR) is 192 cm³/mol. The summed E-state index contributed by atoms with van der Waals surface area (Å²) in [5, 5.41) is 4.32. The summed E-state index contributed by atoms with van der Waals surface area (Å²) < 4.78 is 2.14. The first-order valence-electron chi connectivity index (χ1n) is 16.5. The molecule has 246 valence electrons. The van der Waals surface area contributed by atoms with Crippen LogP contribution >= 0.6 is 0 Å². The molecule has 1 saturated carbocycles. The van der Waals surface area contributed by atoms with E-state index in [1.807, 2.05) is 81.5 Å². The summed E-state index contributed by atoms with van der Waals surface area (Å²) in [6.07, 6.45) is 11.9. The van der Waals surface area contributed by atoms with Gasteiger partial charge < -0.3 is 20.5 Å². The van der Waals surface area contributed by atoms with E-state index >= 15 is 0 Å². The quantitative estimate of drug-likeness (QED) is 0.208. The van der Waals surface area contributed by atoms with Gasteiger partial charge in [0.1, 0.15) is 5.82 Å². The molecule has 1 fully saturated rings. The molecule has 2 atom stereocenters. The van der Waals surface area contributed by atoms with E-state index in [0.29, 0.717) is 17.4 Å². The van der Waals surface area contributed by atoms with Gasteiger partial charge in [0.25, 0.3) is 0 Å². The molecular formula is C38H52N6O2. The number of para-hydroxylation sites is 1. The molecular weight excluding hydrogens is 572 g/mol. The van der Waals surface area contributed by atoms with Crippen LogP contribution in [0.25, 0.3) is 17.0 Å². The molecule has 2 aromatic heterocycles. The Kier molecular flexibility index (Phi) is 10.2. The van der Waals surface area contributed by atoms with Crippen molar-refractivity contribution in [3.63, 3.8) is 0 Å². The molecule has 8 nitrogen and oxygen atoms in total. The van der Waals surface area contributed by atoms with Gasteiger partial charge in [0, 0.05) is 59.3 Å². The number of aromatic nitrogens is 3. The Bertz CT molecular complexity index is 1730. The summed E-state index contributed by atoms with van der Waals surface area (Å²) in [7, 11) is 5.93. The number of benzene rings is 2. The van der Waals surface area contributed by atoms with Crippen molar-refractivity contribution < 1.29 is 12.4 Å². The van der Waals surface area contributed by atoms with Crippen molar-refractivity contribution in [3.8, 4) is 0 Å². The molecule has 0 saturated heterocycles. The lowest BCUT2D eigenvalue weighted by Crippen LogP contribution is -2.40. The van der Waals surface area contributed by atoms with E-state index in [1.54, 1.807) is 0 Å². The number of Topliss-reactive ketones (excluding diaryl/α,β-unsaturated/α-hetero) is 1. The average molecular weight is 625 g/mol. The highest BCUT2D eigenvalue weighted by atomic mass is 16.2. The van der Waals surface area contributed by atoms with Crippen molar-refractivity contribution >= 4 is 40.4 Å². The third kappa shape index (κ3) is 7.66. The number of nitrogens with two attached hydrogens (primary N) is 1. The maximum absolute atomic E-state index is 13.6. The fraction of sp³-hybridized carbons (Fsp3) is 0.421. The van der Waals surface area contributed by atoms with E-state index in [1.165, 1.54) is 5.69 Å². The van der Waals surface area contributed by atoms with Crippen LogP contribution in [0.5, 0.6) is 0 Å². The molecule has 0 radical (unpaired) electrons. The Morgan fingerprint density at radius 2 is 1.74 bits per heavy atom. The zero-order valence-electron chi connectivity index (χ0n) is 28.1. The largest absolute Gasteiger partial charge is 0.368 e. The zero-order valence-corrected chi connectivity index (χ0v) is 28.1. The van der Waals surface area contributed by atoms with Gasteiger partial charge in [-0.15, -0.1) is 0 Å². The number of ketones is 1. The van der Waals surface area contributed by atoms with Gasteiger partial charge in [0.05, 0.1) is 11.4 Å². The van der Waals surface area contributed by atoms with Crippen molar-refractivity contribution in [3.05, 3.63) is 88.8 Å². The number of hydrogen-bond acceptors (Lipinski definition) is 6. The van der Waals surface area contributed by atoms with Crippen LogP contribution in [0.2, 0.25) is 0 Å². The molecule has 2 aromatic carbocycles. The van der Waals surface area contributed by atoms with E-state index in [-0.39, 0.29) is 27.0 Å². The average Bonchev–Trinajstić information content (AvgIpc) is 3.35. The highest BCUT2D eigenvalue weighted by Gasteiger charge is 2.32. The second kappa shape index (κ2) is 14.3. The number of allylic oxidation sites excluding steroid dienone is 1. The minimum absolute atomic E-state index is 0. The minimum Gasteiger partial charge on any atom is -0.368 e. The van der Waals surface area contributed by atoms with Crippen LogP contribution < -0.4 is 16.0 Å². The lowest BCUT2D eigenvalue weighted by atomic mass is 9.84. The predicted octanol–water partition coefficient (Wildman–Crippen LogP) is 7.36. The second-order valence-electron chi connectivity index (χ2n) is 13.4. The zero-order chi connectivity index (χ0) is 33.0. The number of anilines is 2. The summed E-state index contributed by atoms with van der Waals surface area (Å²) in [5.41, 5.74) is 11.6. The molecule has 2 heterocycles. The van der Waals surface area contributed by atoms with Gasteiger partial charge >= 0.3 is 0 Å². The fourth-order valence-corrected chi connectivity index (χ4v) is 6.58. The Morgan fingerprint density at radius 1 is 1.04 bits per heavy atom. The highest BCUT2D eigenvalue weighted by Crippen LogP contribution is 2.35. The standard InChI is InChI=1S/C28H36N2O2.C10H12N4.2H2/c1-18-5-10-21(11-6-18)27(31)16-24(28(32)29-22-12-7-19(2)8-13-22)25-17-30(4)26-15-20(3)9-14-23(25)26;1-14(2)9-7-5-3-4-6-8(7)12-10(11)13-9;;/h5-6,9-11,14,17,19-20,22,24H,7-8,12-13,15-16H2,1-4H3,(H,29,32);3-6H,1-2H3,(H2,11,12,13);2*1H. The third-order valence-electron chi connectivity index (χ3n) is 9.33. The number of amides is 1. The number of nitrogens with one attached hydrogen (secondary N) is 1. The van der Waals surface area contributed by atoms with Crippen molar-refractivity contribution in [2.45, 2.75) is 71.3 Å². The van der Waals surface area contributed by atoms with E-state index in [2.05, 4.69) is 52.0 Å². The first kappa shape index (κ1) is 32.9. The van der Waals surface area contributed by atoms with Crippen LogP contribution in [0.4, 0.5) is 11.8 Å². The van der Waals surface area contributed by atoms with Crippen LogP contribution in [0.1, 0.15) is 87.5 Å². The van der Waals surface area contributed by atoms with Crippen molar-refractivity contribution in [2.24, 2.45) is 18.9 Å². The molecule has 0 spiro atoms. The summed E-state index contributed by atoms with van der Waals surface area (Å²) in [4.78, 5) is 37.1. The van der Waals surface area contributed by atoms with Crippen molar-refractivity contribution in [1.82, 2.24) is 19.9 Å². The van der Waals surface area contributed by atoms with Gasteiger partial charge in [-0.25, -0.2) is 4.98 Å². The van der Waals surface area contributed by atoms with Crippen LogP contribution in [0.3, 0.4) is 0 Å². The van der Waals surface area contributed by atoms with Crippen molar-refractivity contribution in [2.75, 3.05) is 24.7 Å². The summed E-state index contributed by atoms with van der Waals surface area (Å²) in [6, 6.07) is 15.7. The van der Waals surface area contributed by atoms with Gasteiger partial charge in [-0.1, -0.05) is 68.0 Å². The summed E-state index contributed by atoms with van der Waals surface area (Å²) >= 11 is 0. The molecule has 2 unspecified atom stereocenters. The smallest absolute Gasteiger partial charge is 0.228 e. The number of carbonyl (C=O) groups excluding carboxylic acids is 2. The molecule has 8 heteroatoms. The van der Waals surface area contributed by atoms with Crippen LogP contribution in [-0.4, -0.2) is 46.4 Å². The molecule has 3 N–H and O–H groups in total. The first-order chi connectivity index (χ1) is 22.0. The van der Waals surface area contributed by atoms with E-state index < -0.39 is 5.92 Å². The van der Waals surface area contributed by atoms with Crippen LogP contribution in [0, 0.1) is 18.8 Å². The number of hydrogen-bond donors (Lipinski definition) is 2. The van der Waals surface area contributed by atoms with E-state index in [0.717, 1.165) is 71.4 Å². The number of carbonyl (C=O) groups is 2. The number of aryl methyl sites for hydroxylation is 2. The second-order valence-corrected chi connectivity index (χ2v) is 13.4. The third-order valence-corrected chi connectivity index (χ3v) is 9.33. The fourth-order valence-electron chi connectivity index (χ4n) is 6.58. The lowest BCUT2D eigenvalue weighted by molar-refractivity contribution is -0.123. The SMILES string of the molecule is CN(C)c1nc(N)nc2ccccc12.Cc1ccc(C(=O)CC(C(=O)NC2CCC(C)CC2)c2cn(C)c3c2C=CC(C)C3)cc1.[HH].[HH]. The number of rotatable bonds is 7. The molecule has 4 aromatic rings. The van der Waals surface area contributed by atoms with E-state index in [9.17, 15) is 9.59 Å². The van der Waals surface area contributed by atoms with Gasteiger partial charge in [-0.2, -0.15) is 4.98 Å². The first-order valence-corrected chi connectivity index (χ1v) is 16.5. The summed E-state index contributed by atoms with van der Waals surface area (Å²) in [6.45, 7) is 6.51.